The highest BCUT2D eigenvalue weighted by molar-refractivity contribution is 5.80. The first-order valence-electron chi connectivity index (χ1n) is 12.3. The zero-order valence-electron chi connectivity index (χ0n) is 20.4. The van der Waals surface area contributed by atoms with Crippen molar-refractivity contribution < 1.29 is 4.79 Å². The average molecular weight is 435 g/mol. The molecule has 2 heterocycles. The number of carbonyl (C=O) groups is 1. The Balaban J connectivity index is 1.62. The Labute approximate surface area is 193 Å². The van der Waals surface area contributed by atoms with E-state index in [1.165, 1.54) is 28.7 Å². The van der Waals surface area contributed by atoms with Gasteiger partial charge >= 0.3 is 0 Å². The molecule has 1 amide bonds. The third-order valence-corrected chi connectivity index (χ3v) is 7.48. The van der Waals surface area contributed by atoms with Gasteiger partial charge in [-0.1, -0.05) is 44.0 Å². The van der Waals surface area contributed by atoms with Gasteiger partial charge in [-0.3, -0.25) is 4.79 Å². The molecule has 2 aromatic rings. The van der Waals surface area contributed by atoms with Crippen LogP contribution in [0.25, 0.3) is 0 Å². The summed E-state index contributed by atoms with van der Waals surface area (Å²) in [4.78, 5) is 27.2. The lowest BCUT2D eigenvalue weighted by atomic mass is 9.84. The lowest BCUT2D eigenvalue weighted by Gasteiger charge is -2.39. The van der Waals surface area contributed by atoms with Crippen molar-refractivity contribution in [2.24, 2.45) is 5.92 Å². The van der Waals surface area contributed by atoms with Crippen LogP contribution in [0.5, 0.6) is 0 Å². The Kier molecular flexibility index (Phi) is 6.82. The number of anilines is 1. The molecule has 0 radical (unpaired) electrons. The SMILES string of the molecule is CC[C@@H](C)c1nc(C)c(Cc2cc(C)ccc2C)c(N2CCN(C(=O)C3CCC3)CC2)n1. The first-order valence-corrected chi connectivity index (χ1v) is 12.3. The first kappa shape index (κ1) is 22.8. The van der Waals surface area contributed by atoms with E-state index in [9.17, 15) is 4.79 Å². The van der Waals surface area contributed by atoms with E-state index < -0.39 is 0 Å². The van der Waals surface area contributed by atoms with Crippen molar-refractivity contribution in [2.45, 2.75) is 72.6 Å². The van der Waals surface area contributed by atoms with E-state index in [0.29, 0.717) is 11.8 Å². The molecule has 1 aromatic heterocycles. The summed E-state index contributed by atoms with van der Waals surface area (Å²) in [6, 6.07) is 6.67. The number of carbonyl (C=O) groups excluding carboxylic acids is 1. The van der Waals surface area contributed by atoms with Crippen LogP contribution < -0.4 is 4.90 Å². The topological polar surface area (TPSA) is 49.3 Å². The van der Waals surface area contributed by atoms with Gasteiger partial charge < -0.3 is 9.80 Å². The molecule has 5 nitrogen and oxygen atoms in total. The third kappa shape index (κ3) is 4.67. The van der Waals surface area contributed by atoms with E-state index in [-0.39, 0.29) is 5.92 Å². The smallest absolute Gasteiger partial charge is 0.225 e. The molecular weight excluding hydrogens is 396 g/mol. The minimum Gasteiger partial charge on any atom is -0.353 e. The van der Waals surface area contributed by atoms with Crippen LogP contribution in [0.15, 0.2) is 18.2 Å². The highest BCUT2D eigenvalue weighted by Crippen LogP contribution is 2.31. The minimum absolute atomic E-state index is 0.278. The predicted octanol–water partition coefficient (Wildman–Crippen LogP) is 4.95. The number of rotatable bonds is 6. The summed E-state index contributed by atoms with van der Waals surface area (Å²) in [6.45, 7) is 14.1. The van der Waals surface area contributed by atoms with E-state index in [2.05, 4.69) is 62.6 Å². The van der Waals surface area contributed by atoms with Crippen molar-refractivity contribution in [1.29, 1.82) is 0 Å². The Hall–Kier alpha value is -2.43. The summed E-state index contributed by atoms with van der Waals surface area (Å²) in [7, 11) is 0. The number of piperazine rings is 1. The van der Waals surface area contributed by atoms with Crippen molar-refractivity contribution in [3.05, 3.63) is 52.0 Å². The fourth-order valence-electron chi connectivity index (χ4n) is 4.71. The molecular formula is C27H38N4O. The van der Waals surface area contributed by atoms with E-state index in [0.717, 1.165) is 69.2 Å². The number of nitrogens with zero attached hydrogens (tertiary/aromatic N) is 4. The lowest BCUT2D eigenvalue weighted by molar-refractivity contribution is -0.138. The molecule has 2 fully saturated rings. The molecule has 0 unspecified atom stereocenters. The highest BCUT2D eigenvalue weighted by atomic mass is 16.2. The van der Waals surface area contributed by atoms with Crippen LogP contribution in [-0.2, 0) is 11.2 Å². The minimum atomic E-state index is 0.278. The van der Waals surface area contributed by atoms with Gasteiger partial charge in [-0.2, -0.15) is 0 Å². The van der Waals surface area contributed by atoms with Crippen LogP contribution in [0, 0.1) is 26.7 Å². The van der Waals surface area contributed by atoms with Gasteiger partial charge in [-0.05, 0) is 51.2 Å². The fourth-order valence-corrected chi connectivity index (χ4v) is 4.71. The fraction of sp³-hybridized carbons (Fsp3) is 0.593. The van der Waals surface area contributed by atoms with Crippen LogP contribution >= 0.6 is 0 Å². The predicted molar refractivity (Wildman–Crippen MR) is 130 cm³/mol. The van der Waals surface area contributed by atoms with Crippen molar-refractivity contribution >= 4 is 11.7 Å². The summed E-state index contributed by atoms with van der Waals surface area (Å²) in [5, 5.41) is 0. The van der Waals surface area contributed by atoms with E-state index in [4.69, 9.17) is 9.97 Å². The number of benzene rings is 1. The monoisotopic (exact) mass is 434 g/mol. The van der Waals surface area contributed by atoms with Crippen LogP contribution in [0.2, 0.25) is 0 Å². The van der Waals surface area contributed by atoms with Gasteiger partial charge in [0.2, 0.25) is 5.91 Å². The normalized spacial score (nSPS) is 17.9. The van der Waals surface area contributed by atoms with Crippen molar-refractivity contribution in [3.63, 3.8) is 0 Å². The van der Waals surface area contributed by atoms with Gasteiger partial charge in [-0.15, -0.1) is 0 Å². The maximum Gasteiger partial charge on any atom is 0.225 e. The van der Waals surface area contributed by atoms with E-state index >= 15 is 0 Å². The van der Waals surface area contributed by atoms with Gasteiger partial charge in [-0.25, -0.2) is 9.97 Å². The molecule has 172 valence electrons. The van der Waals surface area contributed by atoms with Crippen LogP contribution in [0.1, 0.15) is 79.2 Å². The van der Waals surface area contributed by atoms with Crippen molar-refractivity contribution in [1.82, 2.24) is 14.9 Å². The van der Waals surface area contributed by atoms with Gasteiger partial charge in [0.15, 0.2) is 0 Å². The average Bonchev–Trinajstić information content (AvgIpc) is 2.75. The van der Waals surface area contributed by atoms with E-state index in [1.54, 1.807) is 0 Å². The largest absolute Gasteiger partial charge is 0.353 e. The zero-order chi connectivity index (χ0) is 22.8. The molecule has 1 aliphatic carbocycles. The Morgan fingerprint density at radius 3 is 2.44 bits per heavy atom. The van der Waals surface area contributed by atoms with Crippen molar-refractivity contribution in [2.75, 3.05) is 31.1 Å². The van der Waals surface area contributed by atoms with Crippen LogP contribution in [0.3, 0.4) is 0 Å². The second-order valence-corrected chi connectivity index (χ2v) is 9.83. The molecule has 1 aromatic carbocycles. The zero-order valence-corrected chi connectivity index (χ0v) is 20.4. The number of amides is 1. The summed E-state index contributed by atoms with van der Waals surface area (Å²) in [5.41, 5.74) is 6.24. The molecule has 0 spiro atoms. The number of hydrogen-bond donors (Lipinski definition) is 0. The summed E-state index contributed by atoms with van der Waals surface area (Å²) >= 11 is 0. The molecule has 0 N–H and O–H groups in total. The summed E-state index contributed by atoms with van der Waals surface area (Å²) in [5.74, 6) is 3.00. The molecule has 5 heteroatoms. The maximum absolute atomic E-state index is 12.7. The molecule has 32 heavy (non-hydrogen) atoms. The molecule has 1 aliphatic heterocycles. The number of aryl methyl sites for hydroxylation is 3. The van der Waals surface area contributed by atoms with Gasteiger partial charge in [0.25, 0.3) is 0 Å². The second kappa shape index (κ2) is 9.60. The Morgan fingerprint density at radius 1 is 1.09 bits per heavy atom. The highest BCUT2D eigenvalue weighted by Gasteiger charge is 2.32. The van der Waals surface area contributed by atoms with Gasteiger partial charge in [0, 0.05) is 55.7 Å². The molecule has 1 atom stereocenters. The first-order chi connectivity index (χ1) is 15.4. The molecule has 2 aliphatic rings. The van der Waals surface area contributed by atoms with Crippen LogP contribution in [-0.4, -0.2) is 47.0 Å². The van der Waals surface area contributed by atoms with Gasteiger partial charge in [0.05, 0.1) is 0 Å². The lowest BCUT2D eigenvalue weighted by Crippen LogP contribution is -2.51. The summed E-state index contributed by atoms with van der Waals surface area (Å²) < 4.78 is 0. The molecule has 0 bridgehead atoms. The third-order valence-electron chi connectivity index (χ3n) is 7.48. The number of hydrogen-bond acceptors (Lipinski definition) is 4. The number of aromatic nitrogens is 2. The Morgan fingerprint density at radius 2 is 1.81 bits per heavy atom. The van der Waals surface area contributed by atoms with Crippen molar-refractivity contribution in [3.8, 4) is 0 Å². The second-order valence-electron chi connectivity index (χ2n) is 9.83. The Bertz CT molecular complexity index is 974. The molecule has 1 saturated heterocycles. The molecule has 1 saturated carbocycles. The van der Waals surface area contributed by atoms with Gasteiger partial charge in [0.1, 0.15) is 11.6 Å². The summed E-state index contributed by atoms with van der Waals surface area (Å²) in [6.07, 6.45) is 5.22. The van der Waals surface area contributed by atoms with E-state index in [1.807, 2.05) is 0 Å². The van der Waals surface area contributed by atoms with Crippen LogP contribution in [0.4, 0.5) is 5.82 Å². The standard InChI is InChI=1S/C27H38N4O/c1-6-19(3)25-28-21(5)24(17-23-16-18(2)10-11-20(23)4)26(29-25)30-12-14-31(15-13-30)27(32)22-8-7-9-22/h10-11,16,19,22H,6-9,12-15,17H2,1-5H3/t19-/m1/s1. The quantitative estimate of drug-likeness (QED) is 0.645. The maximum atomic E-state index is 12.7. The molecule has 4 rings (SSSR count).